The molecule has 3 rings (SSSR count). The Morgan fingerprint density at radius 2 is 1.89 bits per heavy atom. The van der Waals surface area contributed by atoms with E-state index < -0.39 is 17.8 Å². The first-order chi connectivity index (χ1) is 13.2. The first kappa shape index (κ1) is 19.3. The standard InChI is InChI=1S/C18H17F3N4O3/c1-11-16(26)25(13-3-5-14(6-4-13)28-18(19,20)21)17(27)24(11)10-12-7-8-23-9-15(12)22-2/h3-9,22,26H,10H2,1-2H3. The van der Waals surface area contributed by atoms with Crippen molar-refractivity contribution < 1.29 is 23.0 Å². The molecule has 10 heteroatoms. The van der Waals surface area contributed by atoms with Crippen LogP contribution in [0.1, 0.15) is 11.3 Å². The topological polar surface area (TPSA) is 81.3 Å². The molecular weight excluding hydrogens is 377 g/mol. The molecule has 0 atom stereocenters. The van der Waals surface area contributed by atoms with Crippen molar-refractivity contribution in [2.45, 2.75) is 19.8 Å². The number of aromatic hydroxyl groups is 1. The second-order valence-electron chi connectivity index (χ2n) is 5.94. The second kappa shape index (κ2) is 7.29. The van der Waals surface area contributed by atoms with Gasteiger partial charge >= 0.3 is 12.1 Å². The van der Waals surface area contributed by atoms with Gasteiger partial charge < -0.3 is 15.2 Å². The van der Waals surface area contributed by atoms with Gasteiger partial charge in [0.05, 0.1) is 29.8 Å². The lowest BCUT2D eigenvalue weighted by molar-refractivity contribution is -0.274. The maximum Gasteiger partial charge on any atom is 0.573 e. The molecule has 2 heterocycles. The summed E-state index contributed by atoms with van der Waals surface area (Å²) in [7, 11) is 1.73. The number of nitrogens with zero attached hydrogens (tertiary/aromatic N) is 3. The zero-order valence-corrected chi connectivity index (χ0v) is 15.0. The molecular formula is C18H17F3N4O3. The molecule has 2 aromatic heterocycles. The van der Waals surface area contributed by atoms with E-state index in [-0.39, 0.29) is 18.1 Å². The molecule has 0 aliphatic heterocycles. The van der Waals surface area contributed by atoms with E-state index >= 15 is 0 Å². The average molecular weight is 394 g/mol. The van der Waals surface area contributed by atoms with E-state index in [9.17, 15) is 23.1 Å². The molecule has 0 spiro atoms. The zero-order chi connectivity index (χ0) is 20.5. The summed E-state index contributed by atoms with van der Waals surface area (Å²) in [6.07, 6.45) is -1.60. The third kappa shape index (κ3) is 3.80. The molecule has 2 N–H and O–H groups in total. The van der Waals surface area contributed by atoms with Gasteiger partial charge in [0.25, 0.3) is 0 Å². The maximum atomic E-state index is 12.8. The number of pyridine rings is 1. The van der Waals surface area contributed by atoms with E-state index in [2.05, 4.69) is 15.0 Å². The lowest BCUT2D eigenvalue weighted by atomic mass is 10.2. The summed E-state index contributed by atoms with van der Waals surface area (Å²) in [5, 5.41) is 13.4. The van der Waals surface area contributed by atoms with Crippen LogP contribution in [-0.2, 0) is 6.54 Å². The molecule has 7 nitrogen and oxygen atoms in total. The molecule has 1 aromatic carbocycles. The summed E-state index contributed by atoms with van der Waals surface area (Å²) >= 11 is 0. The van der Waals surface area contributed by atoms with Gasteiger partial charge in [-0.15, -0.1) is 13.2 Å². The van der Waals surface area contributed by atoms with E-state index in [4.69, 9.17) is 0 Å². The number of rotatable bonds is 5. The number of aromatic nitrogens is 3. The quantitative estimate of drug-likeness (QED) is 0.695. The van der Waals surface area contributed by atoms with Crippen LogP contribution in [0.15, 0.2) is 47.5 Å². The van der Waals surface area contributed by atoms with Crippen molar-refractivity contribution in [3.05, 3.63) is 64.5 Å². The average Bonchev–Trinajstić information content (AvgIpc) is 2.85. The predicted molar refractivity (Wildman–Crippen MR) is 96.0 cm³/mol. The number of nitrogens with one attached hydrogen (secondary N) is 1. The minimum Gasteiger partial charge on any atom is -0.493 e. The Morgan fingerprint density at radius 1 is 1.21 bits per heavy atom. The SMILES string of the molecule is CNc1cnccc1Cn1c(C)c(O)n(-c2ccc(OC(F)(F)F)cc2)c1=O. The van der Waals surface area contributed by atoms with Crippen LogP contribution in [0.3, 0.4) is 0 Å². The third-order valence-corrected chi connectivity index (χ3v) is 4.20. The number of hydrogen-bond donors (Lipinski definition) is 2. The van der Waals surface area contributed by atoms with Gasteiger partial charge in [0.2, 0.25) is 5.88 Å². The van der Waals surface area contributed by atoms with Gasteiger partial charge in [-0.05, 0) is 42.8 Å². The molecule has 0 radical (unpaired) electrons. The molecule has 0 saturated heterocycles. The van der Waals surface area contributed by atoms with Crippen molar-refractivity contribution in [3.8, 4) is 17.3 Å². The summed E-state index contributed by atoms with van der Waals surface area (Å²) in [5.41, 5.74) is 1.52. The molecule has 0 aliphatic rings. The largest absolute Gasteiger partial charge is 0.573 e. The Morgan fingerprint density at radius 3 is 2.50 bits per heavy atom. The van der Waals surface area contributed by atoms with Crippen molar-refractivity contribution >= 4 is 5.69 Å². The number of benzene rings is 1. The van der Waals surface area contributed by atoms with Crippen LogP contribution in [0.5, 0.6) is 11.6 Å². The molecule has 0 saturated carbocycles. The Kier molecular flexibility index (Phi) is 5.04. The first-order valence-electron chi connectivity index (χ1n) is 8.19. The summed E-state index contributed by atoms with van der Waals surface area (Å²) in [6, 6.07) is 6.41. The fourth-order valence-corrected chi connectivity index (χ4v) is 2.81. The molecule has 0 unspecified atom stereocenters. The highest BCUT2D eigenvalue weighted by Crippen LogP contribution is 2.26. The van der Waals surface area contributed by atoms with Crippen LogP contribution >= 0.6 is 0 Å². The molecule has 0 aliphatic carbocycles. The highest BCUT2D eigenvalue weighted by atomic mass is 19.4. The van der Waals surface area contributed by atoms with Crippen molar-refractivity contribution in [1.82, 2.24) is 14.1 Å². The molecule has 3 aromatic rings. The number of alkyl halides is 3. The maximum absolute atomic E-state index is 12.8. The lowest BCUT2D eigenvalue weighted by Gasteiger charge is -2.10. The van der Waals surface area contributed by atoms with Gasteiger partial charge in [0, 0.05) is 13.2 Å². The minimum atomic E-state index is -4.81. The van der Waals surface area contributed by atoms with Crippen molar-refractivity contribution in [3.63, 3.8) is 0 Å². The Hall–Kier alpha value is -3.43. The van der Waals surface area contributed by atoms with Gasteiger partial charge in [0.1, 0.15) is 5.75 Å². The summed E-state index contributed by atoms with van der Waals surface area (Å²) in [6.45, 7) is 1.76. The predicted octanol–water partition coefficient (Wildman–Crippen LogP) is 3.04. The number of imidazole rings is 1. The van der Waals surface area contributed by atoms with Crippen LogP contribution in [0.2, 0.25) is 0 Å². The summed E-state index contributed by atoms with van der Waals surface area (Å²) in [4.78, 5) is 16.9. The van der Waals surface area contributed by atoms with Crippen molar-refractivity contribution in [2.24, 2.45) is 0 Å². The third-order valence-electron chi connectivity index (χ3n) is 4.20. The van der Waals surface area contributed by atoms with E-state index in [1.54, 1.807) is 32.4 Å². The first-order valence-corrected chi connectivity index (χ1v) is 8.19. The Labute approximate surface area is 157 Å². The van der Waals surface area contributed by atoms with Crippen LogP contribution in [0, 0.1) is 6.92 Å². The van der Waals surface area contributed by atoms with Gasteiger partial charge in [-0.3, -0.25) is 9.55 Å². The van der Waals surface area contributed by atoms with Gasteiger partial charge in [-0.2, -0.15) is 0 Å². The number of hydrogen-bond acceptors (Lipinski definition) is 5. The number of anilines is 1. The van der Waals surface area contributed by atoms with E-state index in [0.29, 0.717) is 5.69 Å². The summed E-state index contributed by atoms with van der Waals surface area (Å²) < 4.78 is 43.1. The van der Waals surface area contributed by atoms with E-state index in [1.807, 2.05) is 0 Å². The molecule has 0 fully saturated rings. The number of ether oxygens (including phenoxy) is 1. The molecule has 148 valence electrons. The molecule has 0 bridgehead atoms. The van der Waals surface area contributed by atoms with Crippen LogP contribution < -0.4 is 15.7 Å². The Balaban J connectivity index is 1.98. The van der Waals surface area contributed by atoms with Crippen LogP contribution in [-0.4, -0.2) is 32.6 Å². The van der Waals surface area contributed by atoms with Gasteiger partial charge in [0.15, 0.2) is 0 Å². The molecule has 0 amide bonds. The number of halogens is 3. The smallest absolute Gasteiger partial charge is 0.493 e. The fraction of sp³-hybridized carbons (Fsp3) is 0.222. The van der Waals surface area contributed by atoms with Crippen LogP contribution in [0.4, 0.5) is 18.9 Å². The van der Waals surface area contributed by atoms with Gasteiger partial charge in [-0.25, -0.2) is 9.36 Å². The monoisotopic (exact) mass is 394 g/mol. The zero-order valence-electron chi connectivity index (χ0n) is 15.0. The minimum absolute atomic E-state index is 0.180. The Bertz CT molecular complexity index is 1040. The van der Waals surface area contributed by atoms with E-state index in [1.165, 1.54) is 16.7 Å². The van der Waals surface area contributed by atoms with Crippen molar-refractivity contribution in [2.75, 3.05) is 12.4 Å². The molecule has 28 heavy (non-hydrogen) atoms. The highest BCUT2D eigenvalue weighted by molar-refractivity contribution is 5.49. The second-order valence-corrected chi connectivity index (χ2v) is 5.94. The van der Waals surface area contributed by atoms with Crippen LogP contribution in [0.25, 0.3) is 5.69 Å². The van der Waals surface area contributed by atoms with Crippen molar-refractivity contribution in [1.29, 1.82) is 0 Å². The lowest BCUT2D eigenvalue weighted by Crippen LogP contribution is -2.24. The highest BCUT2D eigenvalue weighted by Gasteiger charge is 2.31. The summed E-state index contributed by atoms with van der Waals surface area (Å²) in [5.74, 6) is -0.718. The fourth-order valence-electron chi connectivity index (χ4n) is 2.81. The van der Waals surface area contributed by atoms with E-state index in [0.717, 1.165) is 28.0 Å². The van der Waals surface area contributed by atoms with Gasteiger partial charge in [-0.1, -0.05) is 0 Å². The normalized spacial score (nSPS) is 11.5.